The van der Waals surface area contributed by atoms with E-state index in [2.05, 4.69) is 0 Å². The predicted molar refractivity (Wildman–Crippen MR) is 75.6 cm³/mol. The van der Waals surface area contributed by atoms with Crippen LogP contribution >= 0.6 is 23.4 Å². The number of hydrogen-bond donors (Lipinski definition) is 1. The number of aromatic carboxylic acids is 1. The Morgan fingerprint density at radius 2 is 1.90 bits per heavy atom. The van der Waals surface area contributed by atoms with Crippen LogP contribution in [0.25, 0.3) is 0 Å². The van der Waals surface area contributed by atoms with Crippen molar-refractivity contribution in [2.45, 2.75) is 9.79 Å². The van der Waals surface area contributed by atoms with E-state index in [9.17, 15) is 14.9 Å². The molecule has 0 heterocycles. The fraction of sp³-hybridized carbons (Fsp3) is 0. The first-order chi connectivity index (χ1) is 9.49. The van der Waals surface area contributed by atoms with Crippen molar-refractivity contribution in [3.8, 4) is 0 Å². The van der Waals surface area contributed by atoms with Gasteiger partial charge in [0.05, 0.1) is 15.4 Å². The van der Waals surface area contributed by atoms with Gasteiger partial charge < -0.3 is 5.11 Å². The number of rotatable bonds is 4. The standard InChI is InChI=1S/C13H8ClNO4S/c14-8-5-6-12(10(7-8)15(18)19)20-11-4-2-1-3-9(11)13(16)17/h1-7H,(H,16,17). The monoisotopic (exact) mass is 309 g/mol. The Hall–Kier alpha value is -2.05. The van der Waals surface area contributed by atoms with Crippen LogP contribution < -0.4 is 0 Å². The summed E-state index contributed by atoms with van der Waals surface area (Å²) >= 11 is 6.76. The number of carboxylic acid groups (broad SMARTS) is 1. The molecule has 2 aromatic rings. The maximum atomic E-state index is 11.1. The van der Waals surface area contributed by atoms with E-state index < -0.39 is 10.9 Å². The lowest BCUT2D eigenvalue weighted by atomic mass is 10.2. The SMILES string of the molecule is O=C(O)c1ccccc1Sc1ccc(Cl)cc1[N+](=O)[O-]. The number of halogens is 1. The number of carboxylic acids is 1. The first-order valence-electron chi connectivity index (χ1n) is 5.43. The van der Waals surface area contributed by atoms with Gasteiger partial charge in [-0.2, -0.15) is 0 Å². The Morgan fingerprint density at radius 3 is 2.55 bits per heavy atom. The van der Waals surface area contributed by atoms with Crippen LogP contribution in [0.3, 0.4) is 0 Å². The highest BCUT2D eigenvalue weighted by molar-refractivity contribution is 7.99. The second kappa shape index (κ2) is 5.94. The lowest BCUT2D eigenvalue weighted by Gasteiger charge is -2.06. The minimum absolute atomic E-state index is 0.0988. The van der Waals surface area contributed by atoms with Crippen molar-refractivity contribution in [3.05, 3.63) is 63.2 Å². The summed E-state index contributed by atoms with van der Waals surface area (Å²) in [5.74, 6) is -1.08. The summed E-state index contributed by atoms with van der Waals surface area (Å²) in [5, 5.41) is 20.4. The van der Waals surface area contributed by atoms with Crippen molar-refractivity contribution < 1.29 is 14.8 Å². The highest BCUT2D eigenvalue weighted by atomic mass is 35.5. The molecule has 0 saturated heterocycles. The van der Waals surface area contributed by atoms with Crippen LogP contribution in [0.2, 0.25) is 5.02 Å². The van der Waals surface area contributed by atoms with Gasteiger partial charge in [-0.1, -0.05) is 35.5 Å². The molecule has 2 rings (SSSR count). The van der Waals surface area contributed by atoms with Gasteiger partial charge >= 0.3 is 5.97 Å². The quantitative estimate of drug-likeness (QED) is 0.679. The average Bonchev–Trinajstić information content (AvgIpc) is 2.41. The Balaban J connectivity index is 2.45. The zero-order chi connectivity index (χ0) is 14.7. The molecule has 0 saturated carbocycles. The highest BCUT2D eigenvalue weighted by Crippen LogP contribution is 2.37. The van der Waals surface area contributed by atoms with Gasteiger partial charge in [-0.15, -0.1) is 0 Å². The number of benzene rings is 2. The molecule has 2 aromatic carbocycles. The summed E-state index contributed by atoms with van der Waals surface area (Å²) in [4.78, 5) is 22.3. The van der Waals surface area contributed by atoms with E-state index in [4.69, 9.17) is 16.7 Å². The number of nitro groups is 1. The number of carbonyl (C=O) groups is 1. The summed E-state index contributed by atoms with van der Waals surface area (Å²) in [6.45, 7) is 0. The molecular weight excluding hydrogens is 302 g/mol. The van der Waals surface area contributed by atoms with E-state index in [1.165, 1.54) is 24.3 Å². The molecule has 0 unspecified atom stereocenters. The molecule has 1 N–H and O–H groups in total. The summed E-state index contributed by atoms with van der Waals surface area (Å²) in [5.41, 5.74) is -0.0514. The van der Waals surface area contributed by atoms with Crippen LogP contribution in [-0.4, -0.2) is 16.0 Å². The molecule has 0 fully saturated rings. The molecular formula is C13H8ClNO4S. The molecule has 0 bridgehead atoms. The minimum Gasteiger partial charge on any atom is -0.478 e. The van der Waals surface area contributed by atoms with Gasteiger partial charge in [-0.3, -0.25) is 10.1 Å². The van der Waals surface area contributed by atoms with E-state index in [1.54, 1.807) is 18.2 Å². The zero-order valence-corrected chi connectivity index (χ0v) is 11.5. The maximum absolute atomic E-state index is 11.1. The number of nitro benzene ring substituents is 1. The van der Waals surface area contributed by atoms with Crippen molar-refractivity contribution in [1.82, 2.24) is 0 Å². The lowest BCUT2D eigenvalue weighted by molar-refractivity contribution is -0.387. The topological polar surface area (TPSA) is 80.4 Å². The van der Waals surface area contributed by atoms with Gasteiger partial charge in [0.25, 0.3) is 5.69 Å². The van der Waals surface area contributed by atoms with Crippen molar-refractivity contribution >= 4 is 35.0 Å². The zero-order valence-electron chi connectivity index (χ0n) is 9.95. The van der Waals surface area contributed by atoms with Gasteiger partial charge in [-0.05, 0) is 24.3 Å². The van der Waals surface area contributed by atoms with Crippen LogP contribution in [0, 0.1) is 10.1 Å². The van der Waals surface area contributed by atoms with Gasteiger partial charge in [0.1, 0.15) is 0 Å². The smallest absolute Gasteiger partial charge is 0.336 e. The first-order valence-corrected chi connectivity index (χ1v) is 6.62. The predicted octanol–water partition coefficient (Wildman–Crippen LogP) is 4.10. The van der Waals surface area contributed by atoms with Crippen LogP contribution in [-0.2, 0) is 0 Å². The van der Waals surface area contributed by atoms with Gasteiger partial charge in [0.2, 0.25) is 0 Å². The van der Waals surface area contributed by atoms with Crippen LogP contribution in [0.5, 0.6) is 0 Å². The Bertz CT molecular complexity index is 690. The van der Waals surface area contributed by atoms with Crippen LogP contribution in [0.1, 0.15) is 10.4 Å². The molecule has 0 amide bonds. The van der Waals surface area contributed by atoms with Crippen molar-refractivity contribution in [3.63, 3.8) is 0 Å². The van der Waals surface area contributed by atoms with Gasteiger partial charge in [-0.25, -0.2) is 4.79 Å². The van der Waals surface area contributed by atoms with E-state index >= 15 is 0 Å². The Morgan fingerprint density at radius 1 is 1.20 bits per heavy atom. The molecule has 0 aliphatic carbocycles. The highest BCUT2D eigenvalue weighted by Gasteiger charge is 2.18. The average molecular weight is 310 g/mol. The third-order valence-corrected chi connectivity index (χ3v) is 3.83. The molecule has 0 aliphatic heterocycles. The third-order valence-electron chi connectivity index (χ3n) is 2.46. The molecule has 0 atom stereocenters. The molecule has 7 heteroatoms. The fourth-order valence-electron chi connectivity index (χ4n) is 1.57. The van der Waals surface area contributed by atoms with Gasteiger partial charge in [0.15, 0.2) is 0 Å². The van der Waals surface area contributed by atoms with Crippen molar-refractivity contribution in [1.29, 1.82) is 0 Å². The molecule has 0 aromatic heterocycles. The second-order valence-electron chi connectivity index (χ2n) is 3.77. The van der Waals surface area contributed by atoms with Crippen molar-refractivity contribution in [2.75, 3.05) is 0 Å². The third kappa shape index (κ3) is 3.09. The fourth-order valence-corrected chi connectivity index (χ4v) is 2.76. The van der Waals surface area contributed by atoms with Crippen LogP contribution in [0.15, 0.2) is 52.3 Å². The largest absolute Gasteiger partial charge is 0.478 e. The number of hydrogen-bond acceptors (Lipinski definition) is 4. The summed E-state index contributed by atoms with van der Waals surface area (Å²) in [6.07, 6.45) is 0. The first kappa shape index (κ1) is 14.4. The summed E-state index contributed by atoms with van der Waals surface area (Å²) in [6, 6.07) is 10.6. The Kier molecular flexibility index (Phi) is 4.26. The number of nitrogens with zero attached hydrogens (tertiary/aromatic N) is 1. The molecule has 20 heavy (non-hydrogen) atoms. The van der Waals surface area contributed by atoms with Crippen molar-refractivity contribution in [2.24, 2.45) is 0 Å². The molecule has 0 spiro atoms. The van der Waals surface area contributed by atoms with E-state index in [0.29, 0.717) is 9.79 Å². The lowest BCUT2D eigenvalue weighted by Crippen LogP contribution is -1.98. The van der Waals surface area contributed by atoms with E-state index in [1.807, 2.05) is 0 Å². The minimum atomic E-state index is -1.08. The van der Waals surface area contributed by atoms with Crippen LogP contribution in [0.4, 0.5) is 5.69 Å². The summed E-state index contributed by atoms with van der Waals surface area (Å²) < 4.78 is 0. The summed E-state index contributed by atoms with van der Waals surface area (Å²) in [7, 11) is 0. The van der Waals surface area contributed by atoms with Gasteiger partial charge in [0, 0.05) is 16.0 Å². The molecule has 0 radical (unpaired) electrons. The molecule has 5 nitrogen and oxygen atoms in total. The second-order valence-corrected chi connectivity index (χ2v) is 5.29. The van der Waals surface area contributed by atoms with E-state index in [-0.39, 0.29) is 16.3 Å². The normalized spacial score (nSPS) is 10.2. The molecule has 0 aliphatic rings. The molecule has 102 valence electrons. The van der Waals surface area contributed by atoms with E-state index in [0.717, 1.165) is 11.8 Å². The Labute approximate surface area is 123 Å². The maximum Gasteiger partial charge on any atom is 0.336 e.